The number of benzene rings is 1. The summed E-state index contributed by atoms with van der Waals surface area (Å²) in [6, 6.07) is 8.39. The molecule has 0 aliphatic rings. The fraction of sp³-hybridized carbons (Fsp3) is 0.0667. The highest BCUT2D eigenvalue weighted by atomic mass is 35.5. The van der Waals surface area contributed by atoms with E-state index in [1.807, 2.05) is 0 Å². The minimum Gasteiger partial charge on any atom is -0.335 e. The lowest BCUT2D eigenvalue weighted by Gasteiger charge is -2.07. The van der Waals surface area contributed by atoms with E-state index in [2.05, 4.69) is 20.5 Å². The Hall–Kier alpha value is -2.29. The van der Waals surface area contributed by atoms with Crippen molar-refractivity contribution in [2.75, 3.05) is 16.9 Å². The van der Waals surface area contributed by atoms with E-state index in [1.54, 1.807) is 42.7 Å². The molecule has 2 heterocycles. The summed E-state index contributed by atoms with van der Waals surface area (Å²) in [4.78, 5) is 16.0. The van der Waals surface area contributed by atoms with Gasteiger partial charge in [-0.15, -0.1) is 10.2 Å². The maximum absolute atomic E-state index is 12.1. The van der Waals surface area contributed by atoms with Crippen molar-refractivity contribution in [3.63, 3.8) is 0 Å². The Labute approximate surface area is 157 Å². The molecule has 0 spiro atoms. The Balaban J connectivity index is 1.65. The fourth-order valence-corrected chi connectivity index (χ4v) is 2.98. The van der Waals surface area contributed by atoms with Crippen molar-refractivity contribution in [2.45, 2.75) is 5.16 Å². The van der Waals surface area contributed by atoms with Crippen LogP contribution in [0.4, 0.5) is 5.69 Å². The molecule has 0 aliphatic carbocycles. The van der Waals surface area contributed by atoms with Crippen LogP contribution in [0.25, 0.3) is 11.4 Å². The molecule has 128 valence electrons. The first-order valence-electron chi connectivity index (χ1n) is 7.03. The van der Waals surface area contributed by atoms with Gasteiger partial charge in [-0.2, -0.15) is 0 Å². The summed E-state index contributed by atoms with van der Waals surface area (Å²) in [6.07, 6.45) is 3.28. The van der Waals surface area contributed by atoms with Crippen LogP contribution in [-0.2, 0) is 4.79 Å². The van der Waals surface area contributed by atoms with Crippen LogP contribution in [0.1, 0.15) is 0 Å². The van der Waals surface area contributed by atoms with Crippen molar-refractivity contribution in [2.24, 2.45) is 0 Å². The Bertz CT molecular complexity index is 902. The predicted molar refractivity (Wildman–Crippen MR) is 99.2 cm³/mol. The lowest BCUT2D eigenvalue weighted by Crippen LogP contribution is -2.16. The quantitative estimate of drug-likeness (QED) is 0.509. The molecule has 1 amide bonds. The second-order valence-electron chi connectivity index (χ2n) is 4.87. The van der Waals surface area contributed by atoms with Gasteiger partial charge in [-0.1, -0.05) is 35.0 Å². The van der Waals surface area contributed by atoms with E-state index in [4.69, 9.17) is 29.0 Å². The molecular weight excluding hydrogens is 383 g/mol. The number of hydrogen-bond donors (Lipinski definition) is 2. The molecule has 0 unspecified atom stereocenters. The number of carbonyl (C=O) groups excluding carboxylic acids is 1. The summed E-state index contributed by atoms with van der Waals surface area (Å²) in [5, 5.41) is 12.1. The number of amides is 1. The van der Waals surface area contributed by atoms with Crippen LogP contribution < -0.4 is 11.2 Å². The molecule has 3 N–H and O–H groups in total. The Morgan fingerprint density at radius 1 is 1.20 bits per heavy atom. The molecule has 3 aromatic rings. The zero-order chi connectivity index (χ0) is 17.8. The molecule has 7 nitrogen and oxygen atoms in total. The van der Waals surface area contributed by atoms with Gasteiger partial charge in [-0.25, -0.2) is 4.68 Å². The number of thioether (sulfide) groups is 1. The summed E-state index contributed by atoms with van der Waals surface area (Å²) >= 11 is 13.1. The van der Waals surface area contributed by atoms with Gasteiger partial charge in [0.1, 0.15) is 0 Å². The minimum atomic E-state index is -0.261. The third-order valence-corrected chi connectivity index (χ3v) is 4.65. The van der Waals surface area contributed by atoms with Crippen molar-refractivity contribution in [1.82, 2.24) is 19.9 Å². The van der Waals surface area contributed by atoms with Gasteiger partial charge < -0.3 is 11.2 Å². The average molecular weight is 395 g/mol. The third kappa shape index (κ3) is 4.22. The first-order valence-corrected chi connectivity index (χ1v) is 8.77. The van der Waals surface area contributed by atoms with Gasteiger partial charge in [0.25, 0.3) is 0 Å². The molecule has 0 saturated carbocycles. The van der Waals surface area contributed by atoms with Crippen LogP contribution >= 0.6 is 35.0 Å². The lowest BCUT2D eigenvalue weighted by atomic mass is 10.2. The van der Waals surface area contributed by atoms with E-state index in [0.29, 0.717) is 26.7 Å². The number of nitrogens with two attached hydrogens (primary N) is 1. The van der Waals surface area contributed by atoms with Crippen molar-refractivity contribution in [3.05, 3.63) is 52.8 Å². The maximum atomic E-state index is 12.1. The third-order valence-electron chi connectivity index (χ3n) is 3.14. The fourth-order valence-electron chi connectivity index (χ4n) is 1.98. The number of nitrogens with zero attached hydrogens (tertiary/aromatic N) is 4. The largest absolute Gasteiger partial charge is 0.335 e. The molecule has 0 radical (unpaired) electrons. The van der Waals surface area contributed by atoms with Gasteiger partial charge in [-0.3, -0.25) is 9.78 Å². The Morgan fingerprint density at radius 2 is 1.96 bits per heavy atom. The topological polar surface area (TPSA) is 98.7 Å². The number of nitrogen functional groups attached to an aromatic ring is 1. The van der Waals surface area contributed by atoms with Gasteiger partial charge >= 0.3 is 0 Å². The van der Waals surface area contributed by atoms with Gasteiger partial charge in [-0.05, 0) is 30.3 Å². The molecule has 25 heavy (non-hydrogen) atoms. The van der Waals surface area contributed by atoms with Crippen LogP contribution in [0.15, 0.2) is 47.9 Å². The normalized spacial score (nSPS) is 10.6. The second kappa shape index (κ2) is 7.73. The van der Waals surface area contributed by atoms with E-state index in [0.717, 1.165) is 17.3 Å². The van der Waals surface area contributed by atoms with Crippen LogP contribution in [0.2, 0.25) is 10.0 Å². The minimum absolute atomic E-state index is 0.0918. The number of carbonyl (C=O) groups is 1. The first-order chi connectivity index (χ1) is 12.0. The van der Waals surface area contributed by atoms with E-state index >= 15 is 0 Å². The molecule has 0 fully saturated rings. The molecule has 0 bridgehead atoms. The molecule has 2 aromatic heterocycles. The number of hydrogen-bond acceptors (Lipinski definition) is 6. The van der Waals surface area contributed by atoms with E-state index in [1.165, 1.54) is 4.68 Å². The maximum Gasteiger partial charge on any atom is 0.234 e. The van der Waals surface area contributed by atoms with Crippen LogP contribution in [-0.4, -0.2) is 31.5 Å². The van der Waals surface area contributed by atoms with E-state index in [-0.39, 0.29) is 11.7 Å². The number of nitrogens with one attached hydrogen (secondary N) is 1. The summed E-state index contributed by atoms with van der Waals surface area (Å²) in [6.45, 7) is 0. The van der Waals surface area contributed by atoms with Crippen molar-refractivity contribution >= 4 is 46.6 Å². The molecule has 3 rings (SSSR count). The first kappa shape index (κ1) is 17.5. The average Bonchev–Trinajstić information content (AvgIpc) is 2.98. The lowest BCUT2D eigenvalue weighted by molar-refractivity contribution is -0.113. The van der Waals surface area contributed by atoms with Gasteiger partial charge in [0.2, 0.25) is 11.1 Å². The Morgan fingerprint density at radius 3 is 2.72 bits per heavy atom. The number of rotatable bonds is 5. The monoisotopic (exact) mass is 394 g/mol. The van der Waals surface area contributed by atoms with E-state index < -0.39 is 0 Å². The molecule has 0 saturated heterocycles. The Kier molecular flexibility index (Phi) is 5.42. The number of aromatic nitrogens is 4. The molecule has 10 heteroatoms. The predicted octanol–water partition coefficient (Wildman–Crippen LogP) is 3.09. The molecular formula is C15H12Cl2N6OS. The number of halogens is 2. The molecule has 0 aliphatic heterocycles. The number of anilines is 1. The highest BCUT2D eigenvalue weighted by Gasteiger charge is 2.14. The standard InChI is InChI=1S/C15H12Cl2N6OS/c16-10-1-2-11(17)12(7-10)20-13(24)8-25-15-22-21-14(23(15)18)9-3-5-19-6-4-9/h1-7H,8,18H2,(H,20,24). The van der Waals surface area contributed by atoms with Gasteiger partial charge in [0, 0.05) is 23.0 Å². The summed E-state index contributed by atoms with van der Waals surface area (Å²) in [5.41, 5.74) is 1.23. The molecule has 1 aromatic carbocycles. The van der Waals surface area contributed by atoms with Crippen LogP contribution in [0, 0.1) is 0 Å². The van der Waals surface area contributed by atoms with Crippen LogP contribution in [0.3, 0.4) is 0 Å². The van der Waals surface area contributed by atoms with Gasteiger partial charge in [0.05, 0.1) is 16.5 Å². The van der Waals surface area contributed by atoms with Gasteiger partial charge in [0.15, 0.2) is 5.82 Å². The van der Waals surface area contributed by atoms with Crippen molar-refractivity contribution < 1.29 is 4.79 Å². The van der Waals surface area contributed by atoms with Crippen molar-refractivity contribution in [1.29, 1.82) is 0 Å². The SMILES string of the molecule is Nn1c(SCC(=O)Nc2cc(Cl)ccc2Cl)nnc1-c1ccncc1. The van der Waals surface area contributed by atoms with E-state index in [9.17, 15) is 4.79 Å². The summed E-state index contributed by atoms with van der Waals surface area (Å²) in [7, 11) is 0. The van der Waals surface area contributed by atoms with Crippen molar-refractivity contribution in [3.8, 4) is 11.4 Å². The zero-order valence-corrected chi connectivity index (χ0v) is 15.0. The summed E-state index contributed by atoms with van der Waals surface area (Å²) in [5.74, 6) is 6.32. The van der Waals surface area contributed by atoms with Crippen LogP contribution in [0.5, 0.6) is 0 Å². The molecule has 0 atom stereocenters. The zero-order valence-electron chi connectivity index (χ0n) is 12.7. The summed E-state index contributed by atoms with van der Waals surface area (Å²) < 4.78 is 1.33. The second-order valence-corrected chi connectivity index (χ2v) is 6.66. The highest BCUT2D eigenvalue weighted by Crippen LogP contribution is 2.26. The number of pyridine rings is 1. The highest BCUT2D eigenvalue weighted by molar-refractivity contribution is 7.99. The smallest absolute Gasteiger partial charge is 0.234 e.